The van der Waals surface area contributed by atoms with E-state index in [1.807, 2.05) is 0 Å². The minimum absolute atomic E-state index is 0.181. The lowest BCUT2D eigenvalue weighted by molar-refractivity contribution is 0.210. The Hall–Kier alpha value is -0.550. The molecule has 2 nitrogen and oxygen atoms in total. The lowest BCUT2D eigenvalue weighted by atomic mass is 9.74. The first-order chi connectivity index (χ1) is 6.27. The van der Waals surface area contributed by atoms with Gasteiger partial charge in [-0.05, 0) is 31.6 Å². The summed E-state index contributed by atoms with van der Waals surface area (Å²) in [7, 11) is 0. The fourth-order valence-corrected chi connectivity index (χ4v) is 2.35. The zero-order valence-corrected chi connectivity index (χ0v) is 8.34. The molecule has 2 atom stereocenters. The van der Waals surface area contributed by atoms with Crippen molar-refractivity contribution in [1.82, 2.24) is 5.32 Å². The van der Waals surface area contributed by atoms with Gasteiger partial charge in [0.1, 0.15) is 5.54 Å². The van der Waals surface area contributed by atoms with Crippen molar-refractivity contribution in [3.05, 3.63) is 0 Å². The van der Waals surface area contributed by atoms with Gasteiger partial charge >= 0.3 is 0 Å². The standard InChI is InChI=1S/C11H18N2/c1-9-4-2-3-7-11(9,8-12)13-10-5-6-10/h9-10,13H,2-7H2,1H3. The molecular weight excluding hydrogens is 160 g/mol. The van der Waals surface area contributed by atoms with Crippen molar-refractivity contribution < 1.29 is 0 Å². The van der Waals surface area contributed by atoms with Gasteiger partial charge in [-0.1, -0.05) is 19.8 Å². The number of nitrogens with one attached hydrogen (secondary N) is 1. The molecule has 0 spiro atoms. The first-order valence-corrected chi connectivity index (χ1v) is 5.46. The summed E-state index contributed by atoms with van der Waals surface area (Å²) in [5.74, 6) is 0.534. The molecular formula is C11H18N2. The van der Waals surface area contributed by atoms with Crippen LogP contribution < -0.4 is 5.32 Å². The molecule has 2 saturated carbocycles. The van der Waals surface area contributed by atoms with E-state index in [2.05, 4.69) is 18.3 Å². The predicted molar refractivity (Wildman–Crippen MR) is 52.1 cm³/mol. The number of rotatable bonds is 2. The molecule has 0 radical (unpaired) electrons. The van der Waals surface area contributed by atoms with Crippen LogP contribution in [-0.2, 0) is 0 Å². The molecule has 0 saturated heterocycles. The highest BCUT2D eigenvalue weighted by atomic mass is 15.0. The van der Waals surface area contributed by atoms with Crippen molar-refractivity contribution in [2.75, 3.05) is 0 Å². The second kappa shape index (κ2) is 3.31. The fourth-order valence-electron chi connectivity index (χ4n) is 2.35. The second-order valence-electron chi connectivity index (χ2n) is 4.65. The van der Waals surface area contributed by atoms with Crippen molar-refractivity contribution in [2.24, 2.45) is 5.92 Å². The minimum Gasteiger partial charge on any atom is -0.296 e. The first-order valence-electron chi connectivity index (χ1n) is 5.46. The summed E-state index contributed by atoms with van der Waals surface area (Å²) in [5, 5.41) is 12.8. The van der Waals surface area contributed by atoms with Crippen LogP contribution in [-0.4, -0.2) is 11.6 Å². The SMILES string of the molecule is CC1CCCCC1(C#N)NC1CC1. The van der Waals surface area contributed by atoms with Crippen LogP contribution in [0.2, 0.25) is 0 Å². The molecule has 0 aromatic heterocycles. The van der Waals surface area contributed by atoms with Crippen LogP contribution in [0.4, 0.5) is 0 Å². The second-order valence-corrected chi connectivity index (χ2v) is 4.65. The maximum atomic E-state index is 9.28. The molecule has 72 valence electrons. The molecule has 2 aliphatic rings. The van der Waals surface area contributed by atoms with Gasteiger partial charge in [0.15, 0.2) is 0 Å². The van der Waals surface area contributed by atoms with E-state index < -0.39 is 0 Å². The summed E-state index contributed by atoms with van der Waals surface area (Å²) in [5.41, 5.74) is -0.181. The first kappa shape index (κ1) is 9.02. The van der Waals surface area contributed by atoms with Gasteiger partial charge in [0.2, 0.25) is 0 Å². The molecule has 2 fully saturated rings. The van der Waals surface area contributed by atoms with Crippen LogP contribution in [0.25, 0.3) is 0 Å². The van der Waals surface area contributed by atoms with Crippen molar-refractivity contribution in [3.8, 4) is 6.07 Å². The normalized spacial score (nSPS) is 39.8. The molecule has 0 aromatic rings. The Morgan fingerprint density at radius 1 is 1.31 bits per heavy atom. The lowest BCUT2D eigenvalue weighted by Crippen LogP contribution is -2.51. The number of nitrogens with zero attached hydrogens (tertiary/aromatic N) is 1. The van der Waals surface area contributed by atoms with Gasteiger partial charge in [-0.2, -0.15) is 5.26 Å². The summed E-state index contributed by atoms with van der Waals surface area (Å²) in [6.07, 6.45) is 7.34. The van der Waals surface area contributed by atoms with E-state index in [4.69, 9.17) is 0 Å². The molecule has 2 unspecified atom stereocenters. The molecule has 2 rings (SSSR count). The molecule has 2 heteroatoms. The summed E-state index contributed by atoms with van der Waals surface area (Å²) in [4.78, 5) is 0. The van der Waals surface area contributed by atoms with Gasteiger partial charge in [-0.15, -0.1) is 0 Å². The van der Waals surface area contributed by atoms with E-state index in [9.17, 15) is 5.26 Å². The van der Waals surface area contributed by atoms with E-state index in [1.54, 1.807) is 0 Å². The predicted octanol–water partition coefficient (Wildman–Crippen LogP) is 2.21. The molecule has 0 aromatic carbocycles. The number of hydrogen-bond donors (Lipinski definition) is 1. The maximum absolute atomic E-state index is 9.28. The van der Waals surface area contributed by atoms with Gasteiger partial charge in [0.05, 0.1) is 6.07 Å². The van der Waals surface area contributed by atoms with Crippen molar-refractivity contribution in [3.63, 3.8) is 0 Å². The van der Waals surface area contributed by atoms with Crippen molar-refractivity contribution in [1.29, 1.82) is 5.26 Å². The zero-order chi connectivity index (χ0) is 9.31. The van der Waals surface area contributed by atoms with E-state index in [-0.39, 0.29) is 5.54 Å². The Bertz CT molecular complexity index is 227. The van der Waals surface area contributed by atoms with E-state index in [1.165, 1.54) is 32.1 Å². The van der Waals surface area contributed by atoms with E-state index in [0.717, 1.165) is 6.42 Å². The Morgan fingerprint density at radius 3 is 2.62 bits per heavy atom. The Morgan fingerprint density at radius 2 is 2.08 bits per heavy atom. The monoisotopic (exact) mass is 178 g/mol. The Kier molecular flexibility index (Phi) is 2.29. The van der Waals surface area contributed by atoms with Crippen LogP contribution >= 0.6 is 0 Å². The quantitative estimate of drug-likeness (QED) is 0.703. The maximum Gasteiger partial charge on any atom is 0.109 e. The summed E-state index contributed by atoms with van der Waals surface area (Å²) >= 11 is 0. The molecule has 0 amide bonds. The fraction of sp³-hybridized carbons (Fsp3) is 0.909. The van der Waals surface area contributed by atoms with Crippen molar-refractivity contribution >= 4 is 0 Å². The van der Waals surface area contributed by atoms with Gasteiger partial charge in [0.25, 0.3) is 0 Å². The molecule has 0 bridgehead atoms. The van der Waals surface area contributed by atoms with Crippen LogP contribution in [0.3, 0.4) is 0 Å². The summed E-state index contributed by atoms with van der Waals surface area (Å²) in [6.45, 7) is 2.22. The zero-order valence-electron chi connectivity index (χ0n) is 8.34. The van der Waals surface area contributed by atoms with Crippen LogP contribution in [0.15, 0.2) is 0 Å². The molecule has 1 N–H and O–H groups in total. The minimum atomic E-state index is -0.181. The highest BCUT2D eigenvalue weighted by Gasteiger charge is 2.41. The molecule has 2 aliphatic carbocycles. The highest BCUT2D eigenvalue weighted by molar-refractivity contribution is 5.13. The van der Waals surface area contributed by atoms with Gasteiger partial charge in [0, 0.05) is 6.04 Å². The largest absolute Gasteiger partial charge is 0.296 e. The van der Waals surface area contributed by atoms with E-state index >= 15 is 0 Å². The average Bonchev–Trinajstić information content (AvgIpc) is 2.93. The van der Waals surface area contributed by atoms with Gasteiger partial charge in [-0.25, -0.2) is 0 Å². The molecule has 0 heterocycles. The Balaban J connectivity index is 2.06. The highest BCUT2D eigenvalue weighted by Crippen LogP contribution is 2.36. The smallest absolute Gasteiger partial charge is 0.109 e. The molecule has 13 heavy (non-hydrogen) atoms. The number of nitriles is 1. The van der Waals surface area contributed by atoms with Crippen LogP contribution in [0.1, 0.15) is 45.4 Å². The van der Waals surface area contributed by atoms with Gasteiger partial charge < -0.3 is 0 Å². The third kappa shape index (κ3) is 1.71. The average molecular weight is 178 g/mol. The van der Waals surface area contributed by atoms with Gasteiger partial charge in [-0.3, -0.25) is 5.32 Å². The van der Waals surface area contributed by atoms with Crippen LogP contribution in [0, 0.1) is 17.2 Å². The number of hydrogen-bond acceptors (Lipinski definition) is 2. The lowest BCUT2D eigenvalue weighted by Gasteiger charge is -2.37. The summed E-state index contributed by atoms with van der Waals surface area (Å²) < 4.78 is 0. The van der Waals surface area contributed by atoms with E-state index in [0.29, 0.717) is 12.0 Å². The third-order valence-corrected chi connectivity index (χ3v) is 3.54. The Labute approximate surface area is 80.3 Å². The van der Waals surface area contributed by atoms with Crippen molar-refractivity contribution in [2.45, 2.75) is 57.0 Å². The molecule has 0 aliphatic heterocycles. The van der Waals surface area contributed by atoms with Crippen LogP contribution in [0.5, 0.6) is 0 Å². The summed E-state index contributed by atoms with van der Waals surface area (Å²) in [6, 6.07) is 3.18. The topological polar surface area (TPSA) is 35.8 Å². The third-order valence-electron chi connectivity index (χ3n) is 3.54.